The van der Waals surface area contributed by atoms with E-state index in [1.807, 2.05) is 0 Å². The van der Waals surface area contributed by atoms with E-state index in [0.29, 0.717) is 18.8 Å². The topological polar surface area (TPSA) is 87.5 Å². The highest BCUT2D eigenvalue weighted by molar-refractivity contribution is 5.30. The van der Waals surface area contributed by atoms with Crippen LogP contribution in [-0.4, -0.2) is 56.7 Å². The highest BCUT2D eigenvalue weighted by Gasteiger charge is 2.22. The molecule has 0 radical (unpaired) electrons. The van der Waals surface area contributed by atoms with Crippen molar-refractivity contribution in [3.8, 4) is 0 Å². The maximum atomic E-state index is 10.1. The third kappa shape index (κ3) is 4.19. The van der Waals surface area contributed by atoms with E-state index in [-0.39, 0.29) is 12.6 Å². The first kappa shape index (κ1) is 14.3. The molecule has 108 valence electrons. The van der Waals surface area contributed by atoms with Crippen molar-refractivity contribution in [2.45, 2.75) is 44.4 Å². The van der Waals surface area contributed by atoms with Gasteiger partial charge >= 0.3 is 0 Å². The summed E-state index contributed by atoms with van der Waals surface area (Å²) >= 11 is 0. The molecule has 1 aromatic heterocycles. The molecule has 1 aliphatic heterocycles. The molecule has 1 aliphatic rings. The number of aliphatic hydroxyl groups excluding tert-OH is 2. The van der Waals surface area contributed by atoms with Gasteiger partial charge in [-0.1, -0.05) is 12.8 Å². The lowest BCUT2D eigenvalue weighted by Gasteiger charge is -2.30. The second-order valence-electron chi connectivity index (χ2n) is 5.33. The average molecular weight is 268 g/mol. The van der Waals surface area contributed by atoms with Crippen LogP contribution in [0.3, 0.4) is 0 Å². The Morgan fingerprint density at radius 3 is 2.89 bits per heavy atom. The van der Waals surface area contributed by atoms with E-state index in [2.05, 4.69) is 10.00 Å². The van der Waals surface area contributed by atoms with Crippen LogP contribution in [0.15, 0.2) is 12.4 Å². The molecule has 6 heteroatoms. The smallest absolute Gasteiger partial charge is 0.0862 e. The molecular weight excluding hydrogens is 244 g/mol. The molecule has 2 rings (SSSR count). The summed E-state index contributed by atoms with van der Waals surface area (Å²) in [6.07, 6.45) is 7.32. The number of aliphatic hydroxyl groups is 2. The quantitative estimate of drug-likeness (QED) is 0.703. The fraction of sp³-hybridized carbons (Fsp3) is 0.769. The molecule has 1 aromatic rings. The minimum atomic E-state index is -0.494. The van der Waals surface area contributed by atoms with Gasteiger partial charge in [-0.3, -0.25) is 9.58 Å². The normalized spacial score (nSPS) is 23.2. The molecule has 19 heavy (non-hydrogen) atoms. The predicted molar refractivity (Wildman–Crippen MR) is 73.6 cm³/mol. The summed E-state index contributed by atoms with van der Waals surface area (Å²) < 4.78 is 1.66. The number of hydrogen-bond donors (Lipinski definition) is 3. The number of rotatable bonds is 5. The van der Waals surface area contributed by atoms with Crippen molar-refractivity contribution >= 4 is 5.69 Å². The number of nitrogen functional groups attached to an aromatic ring is 1. The van der Waals surface area contributed by atoms with Crippen molar-refractivity contribution in [1.82, 2.24) is 14.7 Å². The number of anilines is 1. The zero-order valence-corrected chi connectivity index (χ0v) is 11.3. The first-order chi connectivity index (χ1) is 9.19. The summed E-state index contributed by atoms with van der Waals surface area (Å²) in [7, 11) is 0. The lowest BCUT2D eigenvalue weighted by atomic mass is 10.1. The third-order valence-corrected chi connectivity index (χ3v) is 3.71. The minimum Gasteiger partial charge on any atom is -0.396 e. The van der Waals surface area contributed by atoms with Crippen molar-refractivity contribution < 1.29 is 10.2 Å². The van der Waals surface area contributed by atoms with Crippen LogP contribution in [0.1, 0.15) is 25.7 Å². The molecule has 0 spiro atoms. The van der Waals surface area contributed by atoms with E-state index in [1.165, 1.54) is 6.42 Å². The Morgan fingerprint density at radius 1 is 1.37 bits per heavy atom. The molecule has 0 amide bonds. The van der Waals surface area contributed by atoms with Crippen LogP contribution in [0.2, 0.25) is 0 Å². The Bertz CT molecular complexity index is 382. The molecule has 0 aromatic carbocycles. The number of nitrogens with zero attached hydrogens (tertiary/aromatic N) is 3. The molecule has 0 saturated carbocycles. The van der Waals surface area contributed by atoms with Gasteiger partial charge in [-0.05, 0) is 19.4 Å². The second kappa shape index (κ2) is 6.88. The van der Waals surface area contributed by atoms with Crippen LogP contribution in [0.25, 0.3) is 0 Å². The zero-order chi connectivity index (χ0) is 13.7. The highest BCUT2D eigenvalue weighted by Crippen LogP contribution is 2.17. The van der Waals surface area contributed by atoms with E-state index in [1.54, 1.807) is 17.1 Å². The van der Waals surface area contributed by atoms with Gasteiger partial charge in [-0.15, -0.1) is 0 Å². The van der Waals surface area contributed by atoms with Gasteiger partial charge in [0.05, 0.1) is 31.1 Å². The standard InChI is InChI=1S/C13H24N4O2/c14-11-6-15-17(7-11)9-13(19)8-16-5-3-1-2-4-12(16)10-18/h6-7,12-13,18-19H,1-5,8-10,14H2. The van der Waals surface area contributed by atoms with Gasteiger partial charge in [0.1, 0.15) is 0 Å². The van der Waals surface area contributed by atoms with Crippen molar-refractivity contribution in [2.24, 2.45) is 0 Å². The monoisotopic (exact) mass is 268 g/mol. The van der Waals surface area contributed by atoms with Crippen molar-refractivity contribution in [2.75, 3.05) is 25.4 Å². The van der Waals surface area contributed by atoms with E-state index in [9.17, 15) is 10.2 Å². The summed E-state index contributed by atoms with van der Waals surface area (Å²) in [4.78, 5) is 2.20. The maximum absolute atomic E-state index is 10.1. The SMILES string of the molecule is Nc1cnn(CC(O)CN2CCCCCC2CO)c1. The molecule has 6 nitrogen and oxygen atoms in total. The van der Waals surface area contributed by atoms with Gasteiger partial charge < -0.3 is 15.9 Å². The summed E-state index contributed by atoms with van der Waals surface area (Å²) in [5.41, 5.74) is 6.20. The van der Waals surface area contributed by atoms with Gasteiger partial charge in [-0.25, -0.2) is 0 Å². The van der Waals surface area contributed by atoms with E-state index >= 15 is 0 Å². The van der Waals surface area contributed by atoms with Crippen LogP contribution in [0.4, 0.5) is 5.69 Å². The first-order valence-corrected chi connectivity index (χ1v) is 7.00. The molecule has 2 atom stereocenters. The van der Waals surface area contributed by atoms with Crippen LogP contribution in [-0.2, 0) is 6.54 Å². The Morgan fingerprint density at radius 2 is 2.21 bits per heavy atom. The molecule has 1 fully saturated rings. The minimum absolute atomic E-state index is 0.168. The van der Waals surface area contributed by atoms with E-state index < -0.39 is 6.10 Å². The zero-order valence-electron chi connectivity index (χ0n) is 11.3. The van der Waals surface area contributed by atoms with Gasteiger partial charge in [0.25, 0.3) is 0 Å². The Hall–Kier alpha value is -1.11. The average Bonchev–Trinajstić information content (AvgIpc) is 2.65. The van der Waals surface area contributed by atoms with Gasteiger partial charge in [-0.2, -0.15) is 5.10 Å². The van der Waals surface area contributed by atoms with Crippen molar-refractivity contribution in [3.63, 3.8) is 0 Å². The lowest BCUT2D eigenvalue weighted by molar-refractivity contribution is 0.0543. The van der Waals surface area contributed by atoms with Gasteiger partial charge in [0.2, 0.25) is 0 Å². The van der Waals surface area contributed by atoms with Crippen LogP contribution in [0.5, 0.6) is 0 Å². The Labute approximate surface area is 113 Å². The largest absolute Gasteiger partial charge is 0.396 e. The number of β-amino-alcohol motifs (C(OH)–C–C–N with tert-alkyl or cyclic N) is 1. The molecule has 2 heterocycles. The number of nitrogens with two attached hydrogens (primary N) is 1. The van der Waals surface area contributed by atoms with Crippen LogP contribution < -0.4 is 5.73 Å². The maximum Gasteiger partial charge on any atom is 0.0862 e. The molecule has 0 bridgehead atoms. The van der Waals surface area contributed by atoms with Crippen molar-refractivity contribution in [3.05, 3.63) is 12.4 Å². The molecule has 4 N–H and O–H groups in total. The molecule has 0 aliphatic carbocycles. The summed E-state index contributed by atoms with van der Waals surface area (Å²) in [5.74, 6) is 0. The van der Waals surface area contributed by atoms with Gasteiger partial charge in [0, 0.05) is 18.8 Å². The number of likely N-dealkylation sites (tertiary alicyclic amines) is 1. The molecule has 1 saturated heterocycles. The van der Waals surface area contributed by atoms with E-state index in [0.717, 1.165) is 25.8 Å². The lowest BCUT2D eigenvalue weighted by Crippen LogP contribution is -2.43. The van der Waals surface area contributed by atoms with Crippen LogP contribution >= 0.6 is 0 Å². The van der Waals surface area contributed by atoms with Crippen LogP contribution in [0, 0.1) is 0 Å². The predicted octanol–water partition coefficient (Wildman–Crippen LogP) is 0.0631. The fourth-order valence-corrected chi connectivity index (χ4v) is 2.71. The van der Waals surface area contributed by atoms with Gasteiger partial charge in [0.15, 0.2) is 0 Å². The van der Waals surface area contributed by atoms with E-state index in [4.69, 9.17) is 5.73 Å². The summed E-state index contributed by atoms with van der Waals surface area (Å²) in [6, 6.07) is 0.180. The first-order valence-electron chi connectivity index (χ1n) is 7.00. The Balaban J connectivity index is 1.87. The van der Waals surface area contributed by atoms with Crippen molar-refractivity contribution in [1.29, 1.82) is 0 Å². The summed E-state index contributed by atoms with van der Waals surface area (Å²) in [6.45, 7) is 2.13. The fourth-order valence-electron chi connectivity index (χ4n) is 2.71. The Kier molecular flexibility index (Phi) is 5.18. The molecular formula is C13H24N4O2. The molecule has 2 unspecified atom stereocenters. The second-order valence-corrected chi connectivity index (χ2v) is 5.33. The summed E-state index contributed by atoms with van der Waals surface area (Å²) in [5, 5.41) is 23.6. The highest BCUT2D eigenvalue weighted by atomic mass is 16.3. The number of hydrogen-bond acceptors (Lipinski definition) is 5. The number of aromatic nitrogens is 2. The third-order valence-electron chi connectivity index (χ3n) is 3.71.